The first-order valence-corrected chi connectivity index (χ1v) is 8.22. The summed E-state index contributed by atoms with van der Waals surface area (Å²) in [6.45, 7) is 1.99. The fourth-order valence-corrected chi connectivity index (χ4v) is 3.81. The lowest BCUT2D eigenvalue weighted by Crippen LogP contribution is -2.33. The monoisotopic (exact) mass is 333 g/mol. The highest BCUT2D eigenvalue weighted by Gasteiger charge is 2.33. The molecule has 0 fully saturated rings. The summed E-state index contributed by atoms with van der Waals surface area (Å²) in [5.41, 5.74) is 1.64. The molecule has 1 aromatic carbocycles. The minimum atomic E-state index is -0.373. The van der Waals surface area contributed by atoms with Crippen LogP contribution in [0.5, 0.6) is 0 Å². The second-order valence-electron chi connectivity index (χ2n) is 4.56. The third-order valence-electron chi connectivity index (χ3n) is 3.14. The van der Waals surface area contributed by atoms with Crippen molar-refractivity contribution < 1.29 is 0 Å². The largest absolute Gasteiger partial charge is 0.247 e. The van der Waals surface area contributed by atoms with Gasteiger partial charge in [0.25, 0.3) is 0 Å². The molecule has 0 N–H and O–H groups in total. The summed E-state index contributed by atoms with van der Waals surface area (Å²) < 4.78 is 0. The maximum atomic E-state index is 6.30. The quantitative estimate of drug-likeness (QED) is 0.696. The lowest BCUT2D eigenvalue weighted by molar-refractivity contribution is 0.530. The number of rotatable bonds is 5. The van der Waals surface area contributed by atoms with E-state index in [1.165, 1.54) is 0 Å². The smallest absolute Gasteiger partial charge is 0.0897 e. The minimum Gasteiger partial charge on any atom is -0.247 e. The van der Waals surface area contributed by atoms with Crippen LogP contribution >= 0.6 is 46.1 Å². The lowest BCUT2D eigenvalue weighted by Gasteiger charge is -2.30. The topological polar surface area (TPSA) is 12.9 Å². The van der Waals surface area contributed by atoms with Crippen molar-refractivity contribution in [2.24, 2.45) is 0 Å². The molecular formula is C14H14Cl3NS. The average Bonchev–Trinajstić information content (AvgIpc) is 2.82. The Morgan fingerprint density at radius 2 is 1.89 bits per heavy atom. The van der Waals surface area contributed by atoms with Crippen molar-refractivity contribution in [2.75, 3.05) is 11.8 Å². The Morgan fingerprint density at radius 3 is 2.42 bits per heavy atom. The maximum Gasteiger partial charge on any atom is 0.0897 e. The molecule has 0 saturated heterocycles. The first-order chi connectivity index (χ1) is 9.11. The predicted molar refractivity (Wildman–Crippen MR) is 85.1 cm³/mol. The first-order valence-electron chi connectivity index (χ1n) is 5.89. The maximum absolute atomic E-state index is 6.30. The van der Waals surface area contributed by atoms with Crippen LogP contribution in [0.25, 0.3) is 0 Å². The second-order valence-corrected chi connectivity index (χ2v) is 6.57. The van der Waals surface area contributed by atoms with Crippen molar-refractivity contribution in [3.05, 3.63) is 50.9 Å². The molecule has 19 heavy (non-hydrogen) atoms. The Balaban J connectivity index is 2.40. The minimum absolute atomic E-state index is 0.373. The van der Waals surface area contributed by atoms with Gasteiger partial charge in [-0.15, -0.1) is 34.5 Å². The van der Waals surface area contributed by atoms with E-state index in [0.717, 1.165) is 16.3 Å². The average molecular weight is 335 g/mol. The Morgan fingerprint density at radius 1 is 1.21 bits per heavy atom. The molecule has 0 atom stereocenters. The van der Waals surface area contributed by atoms with Crippen LogP contribution in [0.1, 0.15) is 16.3 Å². The number of hydrogen-bond acceptors (Lipinski definition) is 2. The molecule has 5 heteroatoms. The van der Waals surface area contributed by atoms with E-state index < -0.39 is 0 Å². The van der Waals surface area contributed by atoms with Gasteiger partial charge in [0.05, 0.1) is 10.7 Å². The highest BCUT2D eigenvalue weighted by molar-refractivity contribution is 7.09. The molecule has 0 spiro atoms. The van der Waals surface area contributed by atoms with E-state index in [4.69, 9.17) is 34.8 Å². The number of halogens is 3. The number of aryl methyl sites for hydroxylation is 1. The highest BCUT2D eigenvalue weighted by Crippen LogP contribution is 2.36. The summed E-state index contributed by atoms with van der Waals surface area (Å²) in [4.78, 5) is 4.50. The molecule has 0 saturated carbocycles. The molecule has 0 amide bonds. The third kappa shape index (κ3) is 3.25. The van der Waals surface area contributed by atoms with Crippen molar-refractivity contribution in [2.45, 2.75) is 18.8 Å². The molecule has 102 valence electrons. The number of thiazole rings is 1. The van der Waals surface area contributed by atoms with E-state index in [2.05, 4.69) is 10.4 Å². The standard InChI is InChI=1S/C14H14Cl3NS/c1-10-18-11(7-19-10)6-14(8-15,9-16)12-4-2-3-5-13(12)17/h2-5,7H,6,8-9H2,1H3. The van der Waals surface area contributed by atoms with E-state index >= 15 is 0 Å². The fourth-order valence-electron chi connectivity index (χ4n) is 2.10. The van der Waals surface area contributed by atoms with Gasteiger partial charge in [-0.25, -0.2) is 4.98 Å². The first kappa shape index (κ1) is 15.1. The van der Waals surface area contributed by atoms with Crippen molar-refractivity contribution in [3.8, 4) is 0 Å². The molecule has 1 aromatic heterocycles. The number of aromatic nitrogens is 1. The van der Waals surface area contributed by atoms with Gasteiger partial charge in [-0.1, -0.05) is 29.8 Å². The lowest BCUT2D eigenvalue weighted by atomic mass is 9.80. The van der Waals surface area contributed by atoms with E-state index in [-0.39, 0.29) is 5.41 Å². The van der Waals surface area contributed by atoms with E-state index in [9.17, 15) is 0 Å². The Hall–Kier alpha value is -0.280. The van der Waals surface area contributed by atoms with Gasteiger partial charge in [0.2, 0.25) is 0 Å². The zero-order valence-corrected chi connectivity index (χ0v) is 13.6. The van der Waals surface area contributed by atoms with Gasteiger partial charge >= 0.3 is 0 Å². The highest BCUT2D eigenvalue weighted by atomic mass is 35.5. The normalized spacial score (nSPS) is 11.8. The number of nitrogens with zero attached hydrogens (tertiary/aromatic N) is 1. The van der Waals surface area contributed by atoms with Crippen LogP contribution in [0.15, 0.2) is 29.6 Å². The van der Waals surface area contributed by atoms with Crippen molar-refractivity contribution in [1.29, 1.82) is 0 Å². The van der Waals surface area contributed by atoms with E-state index in [0.29, 0.717) is 23.2 Å². The van der Waals surface area contributed by atoms with Gasteiger partial charge in [0.15, 0.2) is 0 Å². The number of alkyl halides is 2. The van der Waals surface area contributed by atoms with Gasteiger partial charge in [-0.2, -0.15) is 0 Å². The summed E-state index contributed by atoms with van der Waals surface area (Å²) in [6, 6.07) is 7.73. The molecular weight excluding hydrogens is 321 g/mol. The Kier molecular flexibility index (Phi) is 5.13. The molecule has 2 aromatic rings. The fraction of sp³-hybridized carbons (Fsp3) is 0.357. The van der Waals surface area contributed by atoms with Gasteiger partial charge in [0.1, 0.15) is 0 Å². The molecule has 1 heterocycles. The van der Waals surface area contributed by atoms with Crippen LogP contribution in [0.4, 0.5) is 0 Å². The second kappa shape index (κ2) is 6.45. The van der Waals surface area contributed by atoms with E-state index in [1.54, 1.807) is 11.3 Å². The summed E-state index contributed by atoms with van der Waals surface area (Å²) in [6.07, 6.45) is 0.702. The summed E-state index contributed by atoms with van der Waals surface area (Å²) in [7, 11) is 0. The van der Waals surface area contributed by atoms with Gasteiger partial charge in [-0.3, -0.25) is 0 Å². The van der Waals surface area contributed by atoms with Crippen LogP contribution in [-0.2, 0) is 11.8 Å². The van der Waals surface area contributed by atoms with Crippen LogP contribution in [0.2, 0.25) is 5.02 Å². The number of benzene rings is 1. The summed E-state index contributed by atoms with van der Waals surface area (Å²) in [5, 5.41) is 3.81. The predicted octanol–water partition coefficient (Wildman–Crippen LogP) is 5.06. The van der Waals surface area contributed by atoms with Crippen molar-refractivity contribution >= 4 is 46.1 Å². The Bertz CT molecular complexity index is 549. The Labute approximate surface area is 132 Å². The molecule has 2 rings (SSSR count). The molecule has 0 radical (unpaired) electrons. The van der Waals surface area contributed by atoms with Gasteiger partial charge in [-0.05, 0) is 18.6 Å². The van der Waals surface area contributed by atoms with Gasteiger partial charge in [0, 0.05) is 34.0 Å². The van der Waals surface area contributed by atoms with Crippen LogP contribution < -0.4 is 0 Å². The molecule has 1 nitrogen and oxygen atoms in total. The summed E-state index contributed by atoms with van der Waals surface area (Å²) >= 11 is 20.4. The van der Waals surface area contributed by atoms with Crippen molar-refractivity contribution in [3.63, 3.8) is 0 Å². The molecule has 0 aliphatic carbocycles. The molecule has 0 aliphatic rings. The summed E-state index contributed by atoms with van der Waals surface area (Å²) in [5.74, 6) is 0.827. The zero-order chi connectivity index (χ0) is 13.9. The van der Waals surface area contributed by atoms with Crippen molar-refractivity contribution in [1.82, 2.24) is 4.98 Å². The van der Waals surface area contributed by atoms with Crippen LogP contribution in [0.3, 0.4) is 0 Å². The third-order valence-corrected chi connectivity index (χ3v) is 5.32. The van der Waals surface area contributed by atoms with Crippen LogP contribution in [-0.4, -0.2) is 16.7 Å². The molecule has 0 bridgehead atoms. The SMILES string of the molecule is Cc1nc(CC(CCl)(CCl)c2ccccc2Cl)cs1. The van der Waals surface area contributed by atoms with Gasteiger partial charge < -0.3 is 0 Å². The van der Waals surface area contributed by atoms with Crippen LogP contribution in [0, 0.1) is 6.92 Å². The zero-order valence-electron chi connectivity index (χ0n) is 10.5. The molecule has 0 aliphatic heterocycles. The molecule has 0 unspecified atom stereocenters. The van der Waals surface area contributed by atoms with E-state index in [1.807, 2.05) is 31.2 Å². The number of hydrogen-bond donors (Lipinski definition) is 0.